The molecular weight excluding hydrogens is 298 g/mol. The largest absolute Gasteiger partial charge is 0.494 e. The molecule has 0 radical (unpaired) electrons. The van der Waals surface area contributed by atoms with Crippen molar-refractivity contribution in [3.05, 3.63) is 36.8 Å². The van der Waals surface area contributed by atoms with Crippen molar-refractivity contribution in [2.45, 2.75) is 38.9 Å². The van der Waals surface area contributed by atoms with Crippen molar-refractivity contribution in [3.8, 4) is 0 Å². The lowest BCUT2D eigenvalue weighted by Gasteiger charge is -2.30. The molecule has 0 bridgehead atoms. The van der Waals surface area contributed by atoms with Crippen LogP contribution in [0.2, 0.25) is 18.1 Å². The lowest BCUT2D eigenvalue weighted by molar-refractivity contribution is 0.333. The molecule has 0 rings (SSSR count). The summed E-state index contributed by atoms with van der Waals surface area (Å²) in [6.07, 6.45) is 0. The third kappa shape index (κ3) is 4.97. The van der Waals surface area contributed by atoms with Gasteiger partial charge in [0.15, 0.2) is 0 Å². The maximum Gasteiger partial charge on any atom is 0.494 e. The van der Waals surface area contributed by atoms with Crippen LogP contribution in [0.15, 0.2) is 36.8 Å². The fraction of sp³-hybridized carbons (Fsp3) is 0.500. The average Bonchev–Trinajstić information content (AvgIpc) is 2.42. The highest BCUT2D eigenvalue weighted by atomic mass is 31.2. The highest BCUT2D eigenvalue weighted by Gasteiger charge is 2.43. The molecule has 0 aliphatic carbocycles. The molecule has 1 unspecified atom stereocenters. The summed E-state index contributed by atoms with van der Waals surface area (Å²) in [5, 5.41) is 0. The summed E-state index contributed by atoms with van der Waals surface area (Å²) in [6.45, 7) is 16.5. The maximum atomic E-state index is 14.2. The molecule has 0 saturated heterocycles. The molecule has 3 nitrogen and oxygen atoms in total. The van der Waals surface area contributed by atoms with Crippen LogP contribution < -0.4 is 0 Å². The Bertz CT molecular complexity index is 375. The van der Waals surface area contributed by atoms with Crippen molar-refractivity contribution in [3.63, 3.8) is 0 Å². The van der Waals surface area contributed by atoms with Gasteiger partial charge in [-0.05, 0) is 18.1 Å². The zero-order valence-electron chi connectivity index (χ0n) is 12.0. The van der Waals surface area contributed by atoms with E-state index in [1.165, 1.54) is 11.4 Å². The molecular formula is C12H24FO3PSi2. The van der Waals surface area contributed by atoms with Crippen LogP contribution in [0.3, 0.4) is 0 Å². The Morgan fingerprint density at radius 1 is 1.00 bits per heavy atom. The lowest BCUT2D eigenvalue weighted by atomic mass is 10.9. The quantitative estimate of drug-likeness (QED) is 0.408. The molecule has 0 N–H and O–H groups in total. The molecule has 0 amide bonds. The minimum Gasteiger partial charge on any atom is -0.322 e. The monoisotopic (exact) mass is 322 g/mol. The second-order valence-corrected chi connectivity index (χ2v) is 14.0. The summed E-state index contributed by atoms with van der Waals surface area (Å²) in [5.41, 5.74) is 4.65. The molecule has 0 aromatic heterocycles. The lowest BCUT2D eigenvalue weighted by Crippen LogP contribution is -2.36. The van der Waals surface area contributed by atoms with E-state index < -0.39 is 24.5 Å². The Hall–Kier alpha value is -0.266. The average molecular weight is 322 g/mol. The van der Waals surface area contributed by atoms with E-state index in [4.69, 9.17) is 8.43 Å². The van der Waals surface area contributed by atoms with Gasteiger partial charge in [0.2, 0.25) is 8.32 Å². The molecule has 1 atom stereocenters. The van der Waals surface area contributed by atoms with E-state index in [0.29, 0.717) is 18.1 Å². The smallest absolute Gasteiger partial charge is 0.322 e. The Kier molecular flexibility index (Phi) is 7.39. The van der Waals surface area contributed by atoms with Gasteiger partial charge in [0.05, 0.1) is 0 Å². The third-order valence-corrected chi connectivity index (χ3v) is 13.6. The highest BCUT2D eigenvalue weighted by molar-refractivity contribution is 7.52. The normalized spacial score (nSPS) is 15.6. The summed E-state index contributed by atoms with van der Waals surface area (Å²) >= 11 is 0. The number of halogens is 1. The van der Waals surface area contributed by atoms with Crippen molar-refractivity contribution < 1.29 is 17.2 Å². The van der Waals surface area contributed by atoms with Gasteiger partial charge >= 0.3 is 7.91 Å². The topological polar surface area (TPSA) is 35.5 Å². The second kappa shape index (κ2) is 7.50. The van der Waals surface area contributed by atoms with Crippen molar-refractivity contribution in [2.75, 3.05) is 0 Å². The minimum absolute atomic E-state index is 0.512. The van der Waals surface area contributed by atoms with Crippen LogP contribution in [-0.2, 0) is 13.0 Å². The first-order valence-corrected chi connectivity index (χ1v) is 12.5. The molecule has 0 spiro atoms. The second-order valence-electron chi connectivity index (χ2n) is 4.31. The molecule has 7 heteroatoms. The molecule has 110 valence electrons. The number of hydrogen-bond acceptors (Lipinski definition) is 3. The standard InChI is InChI=1S/C12H24FO3PSi2/c1-7-18(8-2,9-3)15-17(13,14)16-19(10-4,11-5)12-6/h7-8,10H,1-2,4,9,11-12H2,3,5-6H3. The van der Waals surface area contributed by atoms with Gasteiger partial charge in [0, 0.05) is 0 Å². The highest BCUT2D eigenvalue weighted by Crippen LogP contribution is 2.56. The van der Waals surface area contributed by atoms with Crippen molar-refractivity contribution in [1.29, 1.82) is 0 Å². The van der Waals surface area contributed by atoms with E-state index in [9.17, 15) is 8.76 Å². The third-order valence-electron chi connectivity index (χ3n) is 3.38. The fourth-order valence-corrected chi connectivity index (χ4v) is 9.77. The van der Waals surface area contributed by atoms with Gasteiger partial charge in [-0.3, -0.25) is 0 Å². The van der Waals surface area contributed by atoms with Gasteiger partial charge in [-0.1, -0.05) is 37.9 Å². The molecule has 0 heterocycles. The SMILES string of the molecule is C=C[Si](C=C)(CC)OP(=O)(F)O[Si](C=C)(CC)CC. The molecule has 0 saturated carbocycles. The first-order chi connectivity index (χ1) is 8.78. The van der Waals surface area contributed by atoms with E-state index in [0.717, 1.165) is 0 Å². The predicted molar refractivity (Wildman–Crippen MR) is 84.4 cm³/mol. The Balaban J connectivity index is 5.18. The summed E-state index contributed by atoms with van der Waals surface area (Å²) < 4.78 is 36.7. The van der Waals surface area contributed by atoms with Gasteiger partial charge in [0.1, 0.15) is 0 Å². The van der Waals surface area contributed by atoms with Crippen LogP contribution >= 0.6 is 7.91 Å². The summed E-state index contributed by atoms with van der Waals surface area (Å²) in [6, 6.07) is 1.72. The molecule has 0 aromatic carbocycles. The zero-order valence-corrected chi connectivity index (χ0v) is 14.9. The Morgan fingerprint density at radius 3 is 1.74 bits per heavy atom. The number of rotatable bonds is 10. The molecule has 0 fully saturated rings. The summed E-state index contributed by atoms with van der Waals surface area (Å²) in [4.78, 5) is 0. The van der Waals surface area contributed by atoms with Crippen molar-refractivity contribution in [1.82, 2.24) is 0 Å². The van der Waals surface area contributed by atoms with Gasteiger partial charge in [-0.25, -0.2) is 4.57 Å². The molecule has 0 aliphatic heterocycles. The summed E-state index contributed by atoms with van der Waals surface area (Å²) in [5.74, 6) is 0. The molecule has 0 aromatic rings. The van der Waals surface area contributed by atoms with Crippen LogP contribution in [0.5, 0.6) is 0 Å². The Morgan fingerprint density at radius 2 is 1.47 bits per heavy atom. The van der Waals surface area contributed by atoms with Crippen LogP contribution in [0, 0.1) is 0 Å². The molecule has 0 aliphatic rings. The predicted octanol–water partition coefficient (Wildman–Crippen LogP) is 5.22. The van der Waals surface area contributed by atoms with Gasteiger partial charge in [0.25, 0.3) is 8.32 Å². The van der Waals surface area contributed by atoms with Gasteiger partial charge in [-0.15, -0.1) is 23.9 Å². The van der Waals surface area contributed by atoms with Gasteiger partial charge < -0.3 is 8.43 Å². The first-order valence-electron chi connectivity index (χ1n) is 6.40. The maximum absolute atomic E-state index is 14.2. The van der Waals surface area contributed by atoms with E-state index in [-0.39, 0.29) is 0 Å². The van der Waals surface area contributed by atoms with Crippen molar-refractivity contribution >= 4 is 24.5 Å². The van der Waals surface area contributed by atoms with Crippen LogP contribution in [0.4, 0.5) is 4.20 Å². The minimum atomic E-state index is -4.63. The zero-order chi connectivity index (χ0) is 15.2. The summed E-state index contributed by atoms with van der Waals surface area (Å²) in [7, 11) is -9.90. The molecule has 19 heavy (non-hydrogen) atoms. The fourth-order valence-electron chi connectivity index (χ4n) is 1.65. The van der Waals surface area contributed by atoms with E-state index in [1.54, 1.807) is 5.70 Å². The number of hydrogen-bond donors (Lipinski definition) is 0. The van der Waals surface area contributed by atoms with E-state index in [1.807, 2.05) is 20.8 Å². The van der Waals surface area contributed by atoms with Crippen LogP contribution in [0.25, 0.3) is 0 Å². The first kappa shape index (κ1) is 18.7. The van der Waals surface area contributed by atoms with E-state index in [2.05, 4.69) is 19.7 Å². The van der Waals surface area contributed by atoms with Crippen LogP contribution in [0.1, 0.15) is 20.8 Å². The van der Waals surface area contributed by atoms with Crippen LogP contribution in [-0.4, -0.2) is 16.6 Å². The van der Waals surface area contributed by atoms with E-state index >= 15 is 0 Å². The van der Waals surface area contributed by atoms with Crippen molar-refractivity contribution in [2.24, 2.45) is 0 Å². The van der Waals surface area contributed by atoms with Gasteiger partial charge in [-0.2, -0.15) is 0 Å². The Labute approximate surface area is 118 Å².